The Bertz CT molecular complexity index is 603. The summed E-state index contributed by atoms with van der Waals surface area (Å²) in [5, 5.41) is 5.27. The number of ether oxygens (including phenoxy) is 1. The number of amides is 2. The van der Waals surface area contributed by atoms with E-state index in [2.05, 4.69) is 10.6 Å². The monoisotopic (exact) mass is 324 g/mol. The van der Waals surface area contributed by atoms with Crippen LogP contribution < -0.4 is 15.4 Å². The number of anilines is 1. The third kappa shape index (κ3) is 3.98. The molecule has 0 aliphatic carbocycles. The van der Waals surface area contributed by atoms with Crippen molar-refractivity contribution in [2.75, 3.05) is 17.8 Å². The van der Waals surface area contributed by atoms with Crippen LogP contribution in [0, 0.1) is 0 Å². The molecule has 0 bridgehead atoms. The summed E-state index contributed by atoms with van der Waals surface area (Å²) in [7, 11) is 0. The van der Waals surface area contributed by atoms with Crippen LogP contribution in [0.2, 0.25) is 0 Å². The number of Topliss-reactive ketones (excluding diaryl/α,β-unsaturated/α-hetero) is 1. The Labute approximate surface area is 133 Å². The van der Waals surface area contributed by atoms with Gasteiger partial charge in [-0.05, 0) is 31.5 Å². The molecule has 1 aliphatic rings. The molecule has 6 nitrogen and oxygen atoms in total. The molecule has 0 radical (unpaired) electrons. The Kier molecular flexibility index (Phi) is 5.38. The van der Waals surface area contributed by atoms with Crippen molar-refractivity contribution in [3.8, 4) is 5.75 Å². The molecule has 0 saturated carbocycles. The second-order valence-electron chi connectivity index (χ2n) is 5.00. The fourth-order valence-corrected chi connectivity index (χ4v) is 2.18. The van der Waals surface area contributed by atoms with Gasteiger partial charge in [-0.3, -0.25) is 14.4 Å². The van der Waals surface area contributed by atoms with Crippen molar-refractivity contribution in [1.82, 2.24) is 5.32 Å². The van der Waals surface area contributed by atoms with Crippen LogP contribution in [0.3, 0.4) is 0 Å². The largest absolute Gasteiger partial charge is 0.482 e. The van der Waals surface area contributed by atoms with E-state index in [0.29, 0.717) is 35.7 Å². The van der Waals surface area contributed by atoms with Crippen molar-refractivity contribution in [3.63, 3.8) is 0 Å². The van der Waals surface area contributed by atoms with E-state index in [9.17, 15) is 14.4 Å². The van der Waals surface area contributed by atoms with Gasteiger partial charge in [0, 0.05) is 17.9 Å². The molecule has 2 amide bonds. The van der Waals surface area contributed by atoms with E-state index in [1.807, 2.05) is 0 Å². The number of halogens is 1. The lowest BCUT2D eigenvalue weighted by Crippen LogP contribution is -2.38. The number of hydrogen-bond donors (Lipinski definition) is 2. The Morgan fingerprint density at radius 3 is 2.95 bits per heavy atom. The summed E-state index contributed by atoms with van der Waals surface area (Å²) in [4.78, 5) is 35.2. The lowest BCUT2D eigenvalue weighted by Gasteiger charge is -2.19. The molecule has 1 unspecified atom stereocenters. The van der Waals surface area contributed by atoms with Gasteiger partial charge >= 0.3 is 0 Å². The molecule has 0 spiro atoms. The van der Waals surface area contributed by atoms with Gasteiger partial charge < -0.3 is 15.4 Å². The molecule has 7 heteroatoms. The van der Waals surface area contributed by atoms with Gasteiger partial charge in [-0.15, -0.1) is 11.6 Å². The SMILES string of the molecule is CC(NC(=O)c1ccc2c(c1)NC(=O)CO2)C(=O)CCCCl. The molecular formula is C15H17ClN2O4. The number of hydrogen-bond acceptors (Lipinski definition) is 4. The highest BCUT2D eigenvalue weighted by Crippen LogP contribution is 2.28. The van der Waals surface area contributed by atoms with Crippen molar-refractivity contribution >= 4 is 34.9 Å². The smallest absolute Gasteiger partial charge is 0.262 e. The Balaban J connectivity index is 2.02. The lowest BCUT2D eigenvalue weighted by molar-refractivity contribution is -0.120. The number of nitrogens with one attached hydrogen (secondary N) is 2. The van der Waals surface area contributed by atoms with E-state index in [-0.39, 0.29) is 24.2 Å². The first-order chi connectivity index (χ1) is 10.5. The molecule has 1 aromatic carbocycles. The zero-order chi connectivity index (χ0) is 16.1. The van der Waals surface area contributed by atoms with Crippen LogP contribution >= 0.6 is 11.6 Å². The van der Waals surface area contributed by atoms with Gasteiger partial charge in [-0.1, -0.05) is 0 Å². The minimum atomic E-state index is -0.586. The van der Waals surface area contributed by atoms with Crippen molar-refractivity contribution in [2.45, 2.75) is 25.8 Å². The van der Waals surface area contributed by atoms with Crippen molar-refractivity contribution < 1.29 is 19.1 Å². The fourth-order valence-electron chi connectivity index (χ4n) is 2.04. The molecule has 1 atom stereocenters. The maximum atomic E-state index is 12.2. The molecule has 22 heavy (non-hydrogen) atoms. The summed E-state index contributed by atoms with van der Waals surface area (Å²) in [6, 6.07) is 4.14. The summed E-state index contributed by atoms with van der Waals surface area (Å²) < 4.78 is 5.22. The maximum absolute atomic E-state index is 12.2. The first-order valence-electron chi connectivity index (χ1n) is 6.97. The first kappa shape index (κ1) is 16.3. The number of ketones is 1. The third-order valence-corrected chi connectivity index (χ3v) is 3.53. The molecule has 0 saturated heterocycles. The molecule has 1 aliphatic heterocycles. The van der Waals surface area contributed by atoms with E-state index >= 15 is 0 Å². The predicted octanol–water partition coefficient (Wildman–Crippen LogP) is 1.72. The number of carbonyl (C=O) groups excluding carboxylic acids is 3. The Hall–Kier alpha value is -2.08. The predicted molar refractivity (Wildman–Crippen MR) is 82.5 cm³/mol. The summed E-state index contributed by atoms with van der Waals surface area (Å²) in [6.07, 6.45) is 0.918. The van der Waals surface area contributed by atoms with E-state index in [0.717, 1.165) is 0 Å². The first-order valence-corrected chi connectivity index (χ1v) is 7.51. The molecule has 118 valence electrons. The standard InChI is InChI=1S/C15H17ClN2O4/c1-9(12(19)3-2-6-16)17-15(21)10-4-5-13-11(7-10)18-14(20)8-22-13/h4-5,7,9H,2-3,6,8H2,1H3,(H,17,21)(H,18,20). The van der Waals surface area contributed by atoms with Gasteiger partial charge in [0.25, 0.3) is 11.8 Å². The average Bonchev–Trinajstić information content (AvgIpc) is 2.51. The van der Waals surface area contributed by atoms with Crippen LogP contribution in [0.25, 0.3) is 0 Å². The zero-order valence-corrected chi connectivity index (χ0v) is 12.9. The molecular weight excluding hydrogens is 308 g/mol. The van der Waals surface area contributed by atoms with E-state index in [1.54, 1.807) is 19.1 Å². The van der Waals surface area contributed by atoms with Crippen molar-refractivity contribution in [3.05, 3.63) is 23.8 Å². The quantitative estimate of drug-likeness (QED) is 0.780. The molecule has 2 N–H and O–H groups in total. The maximum Gasteiger partial charge on any atom is 0.262 e. The highest BCUT2D eigenvalue weighted by molar-refractivity contribution is 6.18. The minimum absolute atomic E-state index is 0.0371. The summed E-state index contributed by atoms with van der Waals surface area (Å²) >= 11 is 5.55. The van der Waals surface area contributed by atoms with Crippen LogP contribution in [0.1, 0.15) is 30.1 Å². The molecule has 0 fully saturated rings. The number of alkyl halides is 1. The molecule has 1 heterocycles. The van der Waals surface area contributed by atoms with Gasteiger partial charge in [0.1, 0.15) is 5.75 Å². The summed E-state index contributed by atoms with van der Waals surface area (Å²) in [5.41, 5.74) is 0.798. The molecule has 1 aromatic rings. The van der Waals surface area contributed by atoms with E-state index in [4.69, 9.17) is 16.3 Å². The number of fused-ring (bicyclic) bond motifs is 1. The third-order valence-electron chi connectivity index (χ3n) is 3.26. The van der Waals surface area contributed by atoms with E-state index < -0.39 is 6.04 Å². The van der Waals surface area contributed by atoms with Crippen molar-refractivity contribution in [1.29, 1.82) is 0 Å². The van der Waals surface area contributed by atoms with Crippen LogP contribution in [0.4, 0.5) is 5.69 Å². The number of carbonyl (C=O) groups is 3. The summed E-state index contributed by atoms with van der Waals surface area (Å²) in [6.45, 7) is 1.60. The minimum Gasteiger partial charge on any atom is -0.482 e. The highest BCUT2D eigenvalue weighted by atomic mass is 35.5. The molecule has 0 aromatic heterocycles. The zero-order valence-electron chi connectivity index (χ0n) is 12.1. The van der Waals surface area contributed by atoms with Crippen LogP contribution in [0.5, 0.6) is 5.75 Å². The normalized spacial score (nSPS) is 14.4. The van der Waals surface area contributed by atoms with Gasteiger partial charge in [-0.2, -0.15) is 0 Å². The Morgan fingerprint density at radius 1 is 1.45 bits per heavy atom. The topological polar surface area (TPSA) is 84.5 Å². The van der Waals surface area contributed by atoms with Gasteiger partial charge in [0.15, 0.2) is 12.4 Å². The van der Waals surface area contributed by atoms with Crippen LogP contribution in [0.15, 0.2) is 18.2 Å². The fraction of sp³-hybridized carbons (Fsp3) is 0.400. The average molecular weight is 325 g/mol. The Morgan fingerprint density at radius 2 is 2.23 bits per heavy atom. The molecule has 2 rings (SSSR count). The van der Waals surface area contributed by atoms with Crippen LogP contribution in [-0.2, 0) is 9.59 Å². The summed E-state index contributed by atoms with van der Waals surface area (Å²) in [5.74, 6) is 0.215. The van der Waals surface area contributed by atoms with Gasteiger partial charge in [0.2, 0.25) is 0 Å². The van der Waals surface area contributed by atoms with Crippen molar-refractivity contribution in [2.24, 2.45) is 0 Å². The van der Waals surface area contributed by atoms with Gasteiger partial charge in [0.05, 0.1) is 11.7 Å². The lowest BCUT2D eigenvalue weighted by atomic mass is 10.1. The number of benzene rings is 1. The second kappa shape index (κ2) is 7.26. The number of rotatable bonds is 6. The van der Waals surface area contributed by atoms with Gasteiger partial charge in [-0.25, -0.2) is 0 Å². The van der Waals surface area contributed by atoms with Crippen LogP contribution in [-0.4, -0.2) is 36.1 Å². The highest BCUT2D eigenvalue weighted by Gasteiger charge is 2.20. The van der Waals surface area contributed by atoms with E-state index in [1.165, 1.54) is 6.07 Å². The second-order valence-corrected chi connectivity index (χ2v) is 5.38.